The van der Waals surface area contributed by atoms with Crippen LogP contribution >= 0.6 is 0 Å². The molecule has 0 radical (unpaired) electrons. The van der Waals surface area contributed by atoms with Crippen LogP contribution in [0.4, 0.5) is 4.39 Å². The first-order valence-corrected chi connectivity index (χ1v) is 5.73. The molecule has 0 spiro atoms. The van der Waals surface area contributed by atoms with Crippen molar-refractivity contribution < 1.29 is 9.18 Å². The Morgan fingerprint density at radius 3 is 2.56 bits per heavy atom. The van der Waals surface area contributed by atoms with E-state index in [2.05, 4.69) is 5.32 Å². The van der Waals surface area contributed by atoms with Gasteiger partial charge in [0.15, 0.2) is 0 Å². The van der Waals surface area contributed by atoms with Crippen molar-refractivity contribution in [1.29, 1.82) is 0 Å². The second-order valence-electron chi connectivity index (χ2n) is 4.89. The highest BCUT2D eigenvalue weighted by Crippen LogP contribution is 2.75. The Balaban J connectivity index is 1.46. The van der Waals surface area contributed by atoms with E-state index in [4.69, 9.17) is 0 Å². The Morgan fingerprint density at radius 1 is 1.38 bits per heavy atom. The number of hydrogen-bond donors (Lipinski definition) is 1. The third-order valence-electron chi connectivity index (χ3n) is 3.75. The van der Waals surface area contributed by atoms with Crippen molar-refractivity contribution in [3.8, 4) is 0 Å². The summed E-state index contributed by atoms with van der Waals surface area (Å²) in [6.07, 6.45) is 2.96. The summed E-state index contributed by atoms with van der Waals surface area (Å²) < 4.78 is 12.6. The predicted molar refractivity (Wildman–Crippen MR) is 58.3 cm³/mol. The van der Waals surface area contributed by atoms with E-state index in [1.165, 1.54) is 12.1 Å². The van der Waals surface area contributed by atoms with Gasteiger partial charge in [-0.3, -0.25) is 4.79 Å². The van der Waals surface area contributed by atoms with Gasteiger partial charge in [-0.05, 0) is 42.9 Å². The molecule has 0 aliphatic heterocycles. The monoisotopic (exact) mass is 219 g/mol. The van der Waals surface area contributed by atoms with Crippen LogP contribution < -0.4 is 5.32 Å². The maximum atomic E-state index is 12.6. The number of carbonyl (C=O) groups is 1. The van der Waals surface area contributed by atoms with Crippen molar-refractivity contribution in [2.24, 2.45) is 11.3 Å². The van der Waals surface area contributed by atoms with Crippen LogP contribution in [-0.4, -0.2) is 12.5 Å². The molecule has 16 heavy (non-hydrogen) atoms. The SMILES string of the molecule is O=C(NCCc1ccc(F)cc1)C12CC1C2. The average molecular weight is 219 g/mol. The van der Waals surface area contributed by atoms with Crippen molar-refractivity contribution in [3.05, 3.63) is 35.6 Å². The third-order valence-corrected chi connectivity index (χ3v) is 3.75. The molecule has 1 aromatic rings. The fourth-order valence-electron chi connectivity index (χ4n) is 2.22. The lowest BCUT2D eigenvalue weighted by Gasteiger charge is -2.06. The Hall–Kier alpha value is -1.38. The zero-order valence-electron chi connectivity index (χ0n) is 9.00. The van der Waals surface area contributed by atoms with Crippen molar-refractivity contribution in [3.63, 3.8) is 0 Å². The molecule has 1 amide bonds. The largest absolute Gasteiger partial charge is 0.355 e. The molecule has 2 fully saturated rings. The van der Waals surface area contributed by atoms with Crippen molar-refractivity contribution >= 4 is 5.91 Å². The number of carbonyl (C=O) groups excluding carboxylic acids is 1. The minimum absolute atomic E-state index is 0.0583. The number of hydrogen-bond acceptors (Lipinski definition) is 1. The molecule has 2 aliphatic carbocycles. The lowest BCUT2D eigenvalue weighted by Crippen LogP contribution is -2.29. The van der Waals surface area contributed by atoms with Crippen LogP contribution in [0.1, 0.15) is 18.4 Å². The highest BCUT2D eigenvalue weighted by atomic mass is 19.1. The fourth-order valence-corrected chi connectivity index (χ4v) is 2.22. The van der Waals surface area contributed by atoms with E-state index < -0.39 is 0 Å². The summed E-state index contributed by atoms with van der Waals surface area (Å²) in [7, 11) is 0. The molecule has 0 atom stereocenters. The minimum atomic E-state index is -0.217. The van der Waals surface area contributed by atoms with E-state index >= 15 is 0 Å². The zero-order chi connectivity index (χ0) is 11.2. The standard InChI is InChI=1S/C13H14FNO/c14-11-3-1-9(2-4-11)5-6-15-12(16)13-7-10(13)8-13/h1-4,10H,5-8H2,(H,15,16). The number of halogens is 1. The van der Waals surface area contributed by atoms with Gasteiger partial charge in [0.25, 0.3) is 0 Å². The highest BCUT2D eigenvalue weighted by Gasteiger charge is 2.74. The molecule has 1 N–H and O–H groups in total. The number of benzene rings is 1. The maximum Gasteiger partial charge on any atom is 0.226 e. The first-order valence-electron chi connectivity index (χ1n) is 5.73. The van der Waals surface area contributed by atoms with Crippen molar-refractivity contribution in [2.45, 2.75) is 19.3 Å². The quantitative estimate of drug-likeness (QED) is 0.823. The van der Waals surface area contributed by atoms with Crippen LogP contribution in [0.15, 0.2) is 24.3 Å². The van der Waals surface area contributed by atoms with E-state index in [-0.39, 0.29) is 17.1 Å². The number of fused-ring (bicyclic) bond motifs is 1. The van der Waals surface area contributed by atoms with Crippen LogP contribution in [0, 0.1) is 17.2 Å². The molecule has 1 aromatic carbocycles. The van der Waals surface area contributed by atoms with Crippen molar-refractivity contribution in [2.75, 3.05) is 6.54 Å². The number of nitrogens with one attached hydrogen (secondary N) is 1. The average Bonchev–Trinajstić information content (AvgIpc) is 3.08. The van der Waals surface area contributed by atoms with Crippen LogP contribution in [-0.2, 0) is 11.2 Å². The predicted octanol–water partition coefficient (Wildman–Crippen LogP) is 1.89. The van der Waals surface area contributed by atoms with Gasteiger partial charge in [-0.1, -0.05) is 12.1 Å². The van der Waals surface area contributed by atoms with Gasteiger partial charge in [0.1, 0.15) is 5.82 Å². The second-order valence-corrected chi connectivity index (χ2v) is 4.89. The molecule has 0 unspecified atom stereocenters. The van der Waals surface area contributed by atoms with E-state index in [0.29, 0.717) is 12.5 Å². The molecule has 3 rings (SSSR count). The van der Waals surface area contributed by atoms with Crippen LogP contribution in [0.3, 0.4) is 0 Å². The van der Waals surface area contributed by atoms with Crippen LogP contribution in [0.5, 0.6) is 0 Å². The summed E-state index contributed by atoms with van der Waals surface area (Å²) in [5.74, 6) is 0.698. The topological polar surface area (TPSA) is 29.1 Å². The number of amides is 1. The van der Waals surface area contributed by atoms with Gasteiger partial charge >= 0.3 is 0 Å². The summed E-state index contributed by atoms with van der Waals surface area (Å²) in [5, 5.41) is 2.96. The summed E-state index contributed by atoms with van der Waals surface area (Å²) in [6, 6.07) is 6.43. The summed E-state index contributed by atoms with van der Waals surface area (Å²) >= 11 is 0. The van der Waals surface area contributed by atoms with Gasteiger partial charge in [-0.25, -0.2) is 4.39 Å². The van der Waals surface area contributed by atoms with E-state index in [9.17, 15) is 9.18 Å². The molecular formula is C13H14FNO. The fraction of sp³-hybridized carbons (Fsp3) is 0.462. The van der Waals surface area contributed by atoms with Crippen LogP contribution in [0.25, 0.3) is 0 Å². The van der Waals surface area contributed by atoms with Gasteiger partial charge in [0.2, 0.25) is 5.91 Å². The lowest BCUT2D eigenvalue weighted by atomic mass is 10.1. The second kappa shape index (κ2) is 3.30. The minimum Gasteiger partial charge on any atom is -0.355 e. The Bertz CT molecular complexity index is 420. The summed E-state index contributed by atoms with van der Waals surface area (Å²) in [5.41, 5.74) is 1.12. The Kier molecular flexibility index (Phi) is 2.03. The maximum absolute atomic E-state index is 12.6. The first kappa shape index (κ1) is 9.82. The molecule has 2 nitrogen and oxygen atoms in total. The van der Waals surface area contributed by atoms with E-state index in [0.717, 1.165) is 24.8 Å². The van der Waals surface area contributed by atoms with Gasteiger partial charge in [-0.15, -0.1) is 0 Å². The van der Waals surface area contributed by atoms with E-state index in [1.807, 2.05) is 0 Å². The molecule has 0 bridgehead atoms. The molecule has 2 aliphatic rings. The molecule has 0 saturated heterocycles. The highest BCUT2D eigenvalue weighted by molar-refractivity contribution is 5.89. The van der Waals surface area contributed by atoms with Crippen LogP contribution in [0.2, 0.25) is 0 Å². The first-order chi connectivity index (χ1) is 7.71. The third kappa shape index (κ3) is 1.60. The Morgan fingerprint density at radius 2 is 2.00 bits per heavy atom. The van der Waals surface area contributed by atoms with Gasteiger partial charge in [0.05, 0.1) is 5.41 Å². The smallest absolute Gasteiger partial charge is 0.226 e. The summed E-state index contributed by atoms with van der Waals surface area (Å²) in [6.45, 7) is 0.652. The van der Waals surface area contributed by atoms with Crippen molar-refractivity contribution in [1.82, 2.24) is 5.32 Å². The molecular weight excluding hydrogens is 205 g/mol. The van der Waals surface area contributed by atoms with Gasteiger partial charge in [0, 0.05) is 6.54 Å². The molecule has 2 saturated carbocycles. The summed E-state index contributed by atoms with van der Waals surface area (Å²) in [4.78, 5) is 11.6. The van der Waals surface area contributed by atoms with E-state index in [1.54, 1.807) is 12.1 Å². The van der Waals surface area contributed by atoms with Gasteiger partial charge in [-0.2, -0.15) is 0 Å². The van der Waals surface area contributed by atoms with Gasteiger partial charge < -0.3 is 5.32 Å². The normalized spacial score (nSPS) is 29.4. The molecule has 3 heteroatoms. The molecule has 84 valence electrons. The number of rotatable bonds is 4. The molecule has 0 heterocycles. The lowest BCUT2D eigenvalue weighted by molar-refractivity contribution is -0.124. The molecule has 0 aromatic heterocycles. The Labute approximate surface area is 93.9 Å². The zero-order valence-corrected chi connectivity index (χ0v) is 9.00.